The Morgan fingerprint density at radius 2 is 2.43 bits per heavy atom. The summed E-state index contributed by atoms with van der Waals surface area (Å²) in [5.74, 6) is 5.84. The first kappa shape index (κ1) is 10.7. The molecule has 1 aromatic rings. The Morgan fingerprint density at radius 3 is 2.93 bits per heavy atom. The lowest BCUT2D eigenvalue weighted by Crippen LogP contribution is -2.37. The van der Waals surface area contributed by atoms with Crippen molar-refractivity contribution < 1.29 is 4.79 Å². The van der Waals surface area contributed by atoms with Crippen LogP contribution in [0.2, 0.25) is 0 Å². The summed E-state index contributed by atoms with van der Waals surface area (Å²) in [7, 11) is 0. The molecule has 0 aliphatic heterocycles. The molecule has 1 atom stereocenters. The van der Waals surface area contributed by atoms with Gasteiger partial charge in [-0.2, -0.15) is 0 Å². The van der Waals surface area contributed by atoms with E-state index in [-0.39, 0.29) is 11.9 Å². The third-order valence-electron chi connectivity index (χ3n) is 2.23. The zero-order valence-electron chi connectivity index (χ0n) is 8.53. The first-order chi connectivity index (χ1) is 6.74. The fourth-order valence-corrected chi connectivity index (χ4v) is 1.51. The number of hydrazine groups is 1. The Morgan fingerprint density at radius 1 is 1.71 bits per heavy atom. The Hall–Kier alpha value is -1.36. The molecule has 5 heteroatoms. The third kappa shape index (κ3) is 1.93. The summed E-state index contributed by atoms with van der Waals surface area (Å²) in [6.45, 7) is 3.95. The van der Waals surface area contributed by atoms with Gasteiger partial charge >= 0.3 is 0 Å². The van der Waals surface area contributed by atoms with E-state index >= 15 is 0 Å². The van der Waals surface area contributed by atoms with Crippen LogP contribution in [-0.4, -0.2) is 15.5 Å². The van der Waals surface area contributed by atoms with E-state index in [1.165, 1.54) is 0 Å². The summed E-state index contributed by atoms with van der Waals surface area (Å²) in [6.07, 6.45) is 5.02. The molecule has 1 rings (SSSR count). The van der Waals surface area contributed by atoms with Gasteiger partial charge in [0.15, 0.2) is 0 Å². The number of imidazole rings is 1. The SMILES string of the molecule is CCc1nccn1C(CC)C(=O)NN. The normalized spacial score (nSPS) is 12.5. The Kier molecular flexibility index (Phi) is 3.64. The maximum atomic E-state index is 11.4. The average molecular weight is 196 g/mol. The van der Waals surface area contributed by atoms with E-state index in [1.807, 2.05) is 24.6 Å². The molecular formula is C9H16N4O. The van der Waals surface area contributed by atoms with E-state index < -0.39 is 0 Å². The van der Waals surface area contributed by atoms with Crippen LogP contribution >= 0.6 is 0 Å². The van der Waals surface area contributed by atoms with Crippen molar-refractivity contribution in [1.29, 1.82) is 0 Å². The second-order valence-corrected chi connectivity index (χ2v) is 3.04. The highest BCUT2D eigenvalue weighted by Crippen LogP contribution is 2.13. The number of hydrogen-bond acceptors (Lipinski definition) is 3. The van der Waals surface area contributed by atoms with Crippen LogP contribution in [0, 0.1) is 0 Å². The smallest absolute Gasteiger partial charge is 0.256 e. The number of nitrogens with two attached hydrogens (primary N) is 1. The fraction of sp³-hybridized carbons (Fsp3) is 0.556. The highest BCUT2D eigenvalue weighted by Gasteiger charge is 2.18. The molecule has 0 radical (unpaired) electrons. The van der Waals surface area contributed by atoms with Gasteiger partial charge in [0.05, 0.1) is 0 Å². The monoisotopic (exact) mass is 196 g/mol. The average Bonchev–Trinajstić information content (AvgIpc) is 2.66. The van der Waals surface area contributed by atoms with Crippen LogP contribution < -0.4 is 11.3 Å². The predicted molar refractivity (Wildman–Crippen MR) is 53.3 cm³/mol. The van der Waals surface area contributed by atoms with Gasteiger partial charge < -0.3 is 4.57 Å². The largest absolute Gasteiger partial charge is 0.322 e. The minimum absolute atomic E-state index is 0.180. The maximum absolute atomic E-state index is 11.4. The molecule has 1 amide bonds. The summed E-state index contributed by atoms with van der Waals surface area (Å²) < 4.78 is 1.86. The first-order valence-electron chi connectivity index (χ1n) is 4.76. The molecule has 1 heterocycles. The predicted octanol–water partition coefficient (Wildman–Crippen LogP) is 0.387. The number of aromatic nitrogens is 2. The van der Waals surface area contributed by atoms with E-state index in [9.17, 15) is 4.79 Å². The first-order valence-corrected chi connectivity index (χ1v) is 4.76. The van der Waals surface area contributed by atoms with Crippen LogP contribution in [0.25, 0.3) is 0 Å². The number of nitrogens with one attached hydrogen (secondary N) is 1. The molecule has 0 aliphatic carbocycles. The number of hydrogen-bond donors (Lipinski definition) is 2. The molecule has 1 unspecified atom stereocenters. The van der Waals surface area contributed by atoms with Gasteiger partial charge in [-0.05, 0) is 6.42 Å². The molecule has 5 nitrogen and oxygen atoms in total. The van der Waals surface area contributed by atoms with Crippen LogP contribution in [0.5, 0.6) is 0 Å². The van der Waals surface area contributed by atoms with E-state index in [1.54, 1.807) is 6.20 Å². The molecule has 0 bridgehead atoms. The van der Waals surface area contributed by atoms with Gasteiger partial charge in [0, 0.05) is 18.8 Å². The van der Waals surface area contributed by atoms with Gasteiger partial charge in [-0.3, -0.25) is 10.2 Å². The number of amides is 1. The van der Waals surface area contributed by atoms with E-state index in [2.05, 4.69) is 10.4 Å². The van der Waals surface area contributed by atoms with Crippen LogP contribution in [0.4, 0.5) is 0 Å². The van der Waals surface area contributed by atoms with Crippen molar-refractivity contribution in [3.8, 4) is 0 Å². The van der Waals surface area contributed by atoms with E-state index in [4.69, 9.17) is 5.84 Å². The summed E-state index contributed by atoms with van der Waals surface area (Å²) in [6, 6.07) is -0.252. The van der Waals surface area contributed by atoms with Crippen molar-refractivity contribution in [3.63, 3.8) is 0 Å². The topological polar surface area (TPSA) is 72.9 Å². The van der Waals surface area contributed by atoms with Gasteiger partial charge in [0.1, 0.15) is 11.9 Å². The van der Waals surface area contributed by atoms with Crippen molar-refractivity contribution in [2.24, 2.45) is 5.84 Å². The van der Waals surface area contributed by atoms with Crippen molar-refractivity contribution in [2.75, 3.05) is 0 Å². The molecule has 78 valence electrons. The fourth-order valence-electron chi connectivity index (χ4n) is 1.51. The molecule has 0 saturated carbocycles. The number of nitrogens with zero attached hydrogens (tertiary/aromatic N) is 2. The van der Waals surface area contributed by atoms with Crippen LogP contribution in [0.1, 0.15) is 32.1 Å². The second kappa shape index (κ2) is 4.76. The highest BCUT2D eigenvalue weighted by molar-refractivity contribution is 5.79. The molecular weight excluding hydrogens is 180 g/mol. The zero-order chi connectivity index (χ0) is 10.6. The van der Waals surface area contributed by atoms with Gasteiger partial charge in [-0.15, -0.1) is 0 Å². The number of carbonyl (C=O) groups excluding carboxylic acids is 1. The summed E-state index contributed by atoms with van der Waals surface area (Å²) in [5.41, 5.74) is 2.17. The second-order valence-electron chi connectivity index (χ2n) is 3.04. The van der Waals surface area contributed by atoms with Crippen molar-refractivity contribution in [3.05, 3.63) is 18.2 Å². The minimum atomic E-state index is -0.252. The number of carbonyl (C=O) groups is 1. The maximum Gasteiger partial charge on any atom is 0.256 e. The third-order valence-corrected chi connectivity index (χ3v) is 2.23. The number of rotatable bonds is 4. The lowest BCUT2D eigenvalue weighted by molar-refractivity contribution is -0.124. The molecule has 0 fully saturated rings. The molecule has 3 N–H and O–H groups in total. The van der Waals surface area contributed by atoms with Crippen LogP contribution in [-0.2, 0) is 11.2 Å². The Balaban J connectivity index is 2.94. The summed E-state index contributed by atoms with van der Waals surface area (Å²) in [5, 5.41) is 0. The summed E-state index contributed by atoms with van der Waals surface area (Å²) in [4.78, 5) is 15.6. The highest BCUT2D eigenvalue weighted by atomic mass is 16.2. The standard InChI is InChI=1S/C9H16N4O/c1-3-7(9(14)12-10)13-6-5-11-8(13)4-2/h5-7H,3-4,10H2,1-2H3,(H,12,14). The molecule has 0 aliphatic rings. The lowest BCUT2D eigenvalue weighted by Gasteiger charge is -2.16. The van der Waals surface area contributed by atoms with Gasteiger partial charge in [0.25, 0.3) is 5.91 Å². The molecule has 0 spiro atoms. The van der Waals surface area contributed by atoms with Crippen LogP contribution in [0.15, 0.2) is 12.4 Å². The van der Waals surface area contributed by atoms with Gasteiger partial charge in [-0.1, -0.05) is 13.8 Å². The van der Waals surface area contributed by atoms with E-state index in [0.29, 0.717) is 6.42 Å². The van der Waals surface area contributed by atoms with E-state index in [0.717, 1.165) is 12.2 Å². The molecule has 0 aromatic carbocycles. The lowest BCUT2D eigenvalue weighted by atomic mass is 10.2. The van der Waals surface area contributed by atoms with Crippen molar-refractivity contribution in [2.45, 2.75) is 32.7 Å². The quantitative estimate of drug-likeness (QED) is 0.415. The van der Waals surface area contributed by atoms with Crippen LogP contribution in [0.3, 0.4) is 0 Å². The molecule has 0 saturated heterocycles. The molecule has 14 heavy (non-hydrogen) atoms. The Labute approximate surface area is 83.3 Å². The van der Waals surface area contributed by atoms with Crippen molar-refractivity contribution in [1.82, 2.24) is 15.0 Å². The van der Waals surface area contributed by atoms with Gasteiger partial charge in [0.2, 0.25) is 0 Å². The molecule has 1 aromatic heterocycles. The number of aryl methyl sites for hydroxylation is 1. The van der Waals surface area contributed by atoms with Gasteiger partial charge in [-0.25, -0.2) is 10.8 Å². The Bertz CT molecular complexity index is 308. The summed E-state index contributed by atoms with van der Waals surface area (Å²) >= 11 is 0. The zero-order valence-corrected chi connectivity index (χ0v) is 8.53. The van der Waals surface area contributed by atoms with Crippen molar-refractivity contribution >= 4 is 5.91 Å². The minimum Gasteiger partial charge on any atom is -0.322 e.